The summed E-state index contributed by atoms with van der Waals surface area (Å²) in [6.45, 7) is 6.95. The minimum Gasteiger partial charge on any atom is -0.870 e. The Morgan fingerprint density at radius 2 is 1.42 bits per heavy atom. The molecule has 1 aromatic carbocycles. The van der Waals surface area contributed by atoms with Crippen LogP contribution in [0.3, 0.4) is 0 Å². The number of rotatable bonds is 8. The summed E-state index contributed by atoms with van der Waals surface area (Å²) in [4.78, 5) is 20.6. The number of carbonyl (C=O) groups is 2. The van der Waals surface area contributed by atoms with Gasteiger partial charge in [0.05, 0.1) is 30.0 Å². The predicted octanol–water partition coefficient (Wildman–Crippen LogP) is 0.00610. The van der Waals surface area contributed by atoms with Crippen molar-refractivity contribution in [2.24, 2.45) is 0 Å². The van der Waals surface area contributed by atoms with Crippen LogP contribution in [0.2, 0.25) is 0 Å². The van der Waals surface area contributed by atoms with E-state index in [0.717, 1.165) is 6.07 Å². The first kappa shape index (κ1) is 29.0. The first-order valence-corrected chi connectivity index (χ1v) is 9.96. The summed E-state index contributed by atoms with van der Waals surface area (Å²) in [5, 5.41) is 18.7. The average molecular weight is 382 g/mol. The Bertz CT molecular complexity index is 425. The molecule has 0 aliphatic carbocycles. The fourth-order valence-electron chi connectivity index (χ4n) is 2.21. The van der Waals surface area contributed by atoms with E-state index in [2.05, 4.69) is 20.8 Å². The van der Waals surface area contributed by atoms with Crippen molar-refractivity contribution < 1.29 is 76.7 Å². The van der Waals surface area contributed by atoms with Crippen molar-refractivity contribution in [2.75, 3.05) is 18.5 Å². The van der Waals surface area contributed by atoms with Gasteiger partial charge in [0.2, 0.25) is 0 Å². The maximum Gasteiger partial charge on any atom is 1.00 e. The van der Waals surface area contributed by atoms with E-state index in [1.807, 2.05) is 0 Å². The van der Waals surface area contributed by atoms with Gasteiger partial charge < -0.3 is 20.5 Å². The van der Waals surface area contributed by atoms with Gasteiger partial charge in [0.1, 0.15) is 0 Å². The molecular weight excluding hydrogens is 354 g/mol. The molecule has 0 aliphatic rings. The van der Waals surface area contributed by atoms with Crippen molar-refractivity contribution in [1.82, 2.24) is 0 Å². The Labute approximate surface area is 188 Å². The van der Waals surface area contributed by atoms with Crippen molar-refractivity contribution in [1.29, 1.82) is 0 Å². The van der Waals surface area contributed by atoms with Gasteiger partial charge in [-0.05, 0) is 37.0 Å². The number of aromatic carboxylic acids is 2. The molecule has 0 unspecified atom stereocenters. The molecule has 0 spiro atoms. The number of benzene rings is 1. The molecule has 132 valence electrons. The fraction of sp³-hybridized carbons (Fsp3) is 0.529. The molecule has 0 radical (unpaired) electrons. The van der Waals surface area contributed by atoms with Gasteiger partial charge in [0.25, 0.3) is 0 Å². The Morgan fingerprint density at radius 1 is 1.00 bits per heavy atom. The maximum absolute atomic E-state index is 10.4. The zero-order valence-corrected chi connectivity index (χ0v) is 19.3. The van der Waals surface area contributed by atoms with Crippen LogP contribution < -0.4 is 56.5 Å². The van der Waals surface area contributed by atoms with Crippen LogP contribution in [0.15, 0.2) is 24.3 Å². The van der Waals surface area contributed by atoms with E-state index in [0.29, 0.717) is 0 Å². The summed E-state index contributed by atoms with van der Waals surface area (Å²) in [6, 6.07) is 5.00. The first-order valence-electron chi connectivity index (χ1n) is 7.84. The number of carbonyl (C=O) groups excluding carboxylic acids is 1. The second kappa shape index (κ2) is 18.0. The third-order valence-electron chi connectivity index (χ3n) is 3.16. The van der Waals surface area contributed by atoms with E-state index in [1.54, 1.807) is 18.5 Å². The summed E-state index contributed by atoms with van der Waals surface area (Å²) in [6.07, 6.45) is 8.88. The van der Waals surface area contributed by atoms with Crippen LogP contribution in [0.25, 0.3) is 0 Å². The number of hydrogen-bond acceptors (Lipinski definition) is 4. The zero-order chi connectivity index (χ0) is 17.0. The molecule has 0 saturated heterocycles. The van der Waals surface area contributed by atoms with Crippen LogP contribution in [-0.4, -0.2) is 41.0 Å². The van der Waals surface area contributed by atoms with Crippen LogP contribution in [0.1, 0.15) is 60.7 Å². The molecule has 0 aromatic heterocycles. The Balaban J connectivity index is -0.000000345. The molecule has 1 aromatic rings. The van der Waals surface area contributed by atoms with Crippen molar-refractivity contribution in [3.05, 3.63) is 35.4 Å². The summed E-state index contributed by atoms with van der Waals surface area (Å²) >= 11 is 0. The van der Waals surface area contributed by atoms with Crippen molar-refractivity contribution in [3.63, 3.8) is 0 Å². The molecular formula is C17H28KO5P. The van der Waals surface area contributed by atoms with E-state index in [-0.39, 0.29) is 75.9 Å². The molecule has 24 heavy (non-hydrogen) atoms. The molecule has 0 heterocycles. The van der Waals surface area contributed by atoms with Crippen molar-refractivity contribution >= 4 is 19.9 Å². The Morgan fingerprint density at radius 3 is 1.75 bits per heavy atom. The van der Waals surface area contributed by atoms with Gasteiger partial charge in [-0.1, -0.05) is 32.9 Å². The molecule has 7 heteroatoms. The summed E-state index contributed by atoms with van der Waals surface area (Å²) < 4.78 is 0. The summed E-state index contributed by atoms with van der Waals surface area (Å²) in [7, 11) is 0.103. The van der Waals surface area contributed by atoms with E-state index >= 15 is 0 Å². The number of hydrogen-bond donors (Lipinski definition) is 1. The van der Waals surface area contributed by atoms with Crippen molar-refractivity contribution in [3.8, 4) is 0 Å². The molecule has 0 atom stereocenters. The third kappa shape index (κ3) is 13.5. The average Bonchev–Trinajstić information content (AvgIpc) is 2.49. The molecule has 0 saturated carbocycles. The van der Waals surface area contributed by atoms with Gasteiger partial charge in [-0.2, -0.15) is 0 Å². The maximum atomic E-state index is 10.4. The SMILES string of the molecule is CCC[PH+](CCC)CCC.O=C([O-])c1cccc(C(=O)O)c1.[K+].[OH-]. The molecule has 0 aliphatic heterocycles. The van der Waals surface area contributed by atoms with Gasteiger partial charge >= 0.3 is 57.4 Å². The topological polar surface area (TPSA) is 107 Å². The smallest absolute Gasteiger partial charge is 0.870 e. The van der Waals surface area contributed by atoms with Crippen LogP contribution in [0.4, 0.5) is 0 Å². The minimum atomic E-state index is -1.38. The second-order valence-electron chi connectivity index (χ2n) is 5.17. The van der Waals surface area contributed by atoms with Gasteiger partial charge in [0, 0.05) is 7.92 Å². The van der Waals surface area contributed by atoms with Crippen LogP contribution in [0.5, 0.6) is 0 Å². The Kier molecular flexibility index (Phi) is 21.7. The largest absolute Gasteiger partial charge is 1.00 e. The first-order chi connectivity index (χ1) is 10.5. The standard InChI is InChI=1S/C9H21P.C8H6O4.K.H2O/c1-4-7-10(8-5-2)9-6-3;9-7(10)5-2-1-3-6(4-5)8(11)12;;/h4-9H2,1-3H3;1-4H,(H,9,10)(H,11,12);;1H2/q;;+1;/p-1. The quantitative estimate of drug-likeness (QED) is 0.503. The van der Waals surface area contributed by atoms with Crippen molar-refractivity contribution in [2.45, 2.75) is 40.0 Å². The second-order valence-corrected chi connectivity index (χ2v) is 8.17. The van der Waals surface area contributed by atoms with E-state index in [4.69, 9.17) is 5.11 Å². The van der Waals surface area contributed by atoms with E-state index < -0.39 is 11.9 Å². The molecule has 5 nitrogen and oxygen atoms in total. The van der Waals surface area contributed by atoms with Gasteiger partial charge in [0.15, 0.2) is 0 Å². The van der Waals surface area contributed by atoms with Gasteiger partial charge in [-0.3, -0.25) is 0 Å². The van der Waals surface area contributed by atoms with Crippen LogP contribution >= 0.6 is 7.92 Å². The van der Waals surface area contributed by atoms with Gasteiger partial charge in [-0.15, -0.1) is 0 Å². The third-order valence-corrected chi connectivity index (χ3v) is 6.78. The van der Waals surface area contributed by atoms with Crippen LogP contribution in [0, 0.1) is 0 Å². The van der Waals surface area contributed by atoms with Crippen LogP contribution in [-0.2, 0) is 0 Å². The van der Waals surface area contributed by atoms with E-state index in [1.165, 1.54) is 37.5 Å². The number of carboxylic acid groups (broad SMARTS) is 2. The monoisotopic (exact) mass is 382 g/mol. The minimum absolute atomic E-state index is 0. The molecule has 0 amide bonds. The Hall–Kier alpha value is 0.186. The normalized spacial score (nSPS) is 9.17. The zero-order valence-electron chi connectivity index (χ0n) is 15.2. The predicted molar refractivity (Wildman–Crippen MR) is 93.5 cm³/mol. The molecule has 0 fully saturated rings. The molecule has 0 bridgehead atoms. The number of carboxylic acids is 2. The molecule has 1 rings (SSSR count). The summed E-state index contributed by atoms with van der Waals surface area (Å²) in [5.41, 5.74) is -0.188. The molecule has 2 N–H and O–H groups in total. The summed E-state index contributed by atoms with van der Waals surface area (Å²) in [5.74, 6) is -2.53. The van der Waals surface area contributed by atoms with E-state index in [9.17, 15) is 14.7 Å². The fourth-order valence-corrected chi connectivity index (χ4v) is 5.09. The van der Waals surface area contributed by atoms with Gasteiger partial charge in [-0.25, -0.2) is 4.79 Å².